The summed E-state index contributed by atoms with van der Waals surface area (Å²) in [5.74, 6) is -10.1. The summed E-state index contributed by atoms with van der Waals surface area (Å²) >= 11 is 0. The highest BCUT2D eigenvalue weighted by Gasteiger charge is 2.63. The quantitative estimate of drug-likeness (QED) is 0.316. The van der Waals surface area contributed by atoms with Gasteiger partial charge in [0.05, 0.1) is 18.2 Å². The number of rotatable bonds is 5. The van der Waals surface area contributed by atoms with E-state index in [1.807, 2.05) is 0 Å². The van der Waals surface area contributed by atoms with Crippen LogP contribution in [0.25, 0.3) is 0 Å². The Morgan fingerprint density at radius 1 is 1.17 bits per heavy atom. The van der Waals surface area contributed by atoms with Crippen LogP contribution in [0.3, 0.4) is 0 Å². The van der Waals surface area contributed by atoms with Gasteiger partial charge in [0.15, 0.2) is 11.4 Å². The molecule has 13 heteroatoms. The zero-order valence-corrected chi connectivity index (χ0v) is 23.9. The van der Waals surface area contributed by atoms with Crippen LogP contribution in [0, 0.1) is 11.8 Å². The van der Waals surface area contributed by atoms with Crippen LogP contribution < -0.4 is 10.6 Å². The zero-order valence-electron chi connectivity index (χ0n) is 23.9. The van der Waals surface area contributed by atoms with Crippen molar-refractivity contribution in [2.45, 2.75) is 49.8 Å². The molecule has 4 aliphatic rings. The van der Waals surface area contributed by atoms with Gasteiger partial charge in [-0.2, -0.15) is 0 Å². The number of fused-ring (bicyclic) bond motifs is 3. The molecule has 6 N–H and O–H groups in total. The van der Waals surface area contributed by atoms with Gasteiger partial charge in [-0.15, -0.1) is 0 Å². The third-order valence-electron chi connectivity index (χ3n) is 9.13. The molecule has 1 saturated heterocycles. The lowest BCUT2D eigenvalue weighted by atomic mass is 9.58. The summed E-state index contributed by atoms with van der Waals surface area (Å²) in [5.41, 5.74) is 2.67. The number of nitrogens with zero attached hydrogens (tertiary/aromatic N) is 3. The number of aromatic hydroxyl groups is 1. The fraction of sp³-hybridized carbons (Fsp3) is 0.552. The van der Waals surface area contributed by atoms with E-state index in [0.29, 0.717) is 17.8 Å². The van der Waals surface area contributed by atoms with Crippen LogP contribution in [-0.4, -0.2) is 107 Å². The Bertz CT molecular complexity index is 1450. The minimum Gasteiger partial charge on any atom is -0.510 e. The topological polar surface area (TPSA) is 168 Å². The van der Waals surface area contributed by atoms with E-state index in [9.17, 15) is 43.6 Å². The molecule has 0 aromatic heterocycles. The molecule has 0 bridgehead atoms. The number of piperidine rings is 1. The van der Waals surface area contributed by atoms with Gasteiger partial charge >= 0.3 is 0 Å². The third kappa shape index (κ3) is 4.36. The standard InChI is InChI=1S/C29H36F2N4O7/c1-33(2)17-10-14(11-35-7-5-6-28(30,31)12-35)22(36)19-15(17)8-13-9-16-21(34(3)4)24(38)20(27(32)41)26(40)29(16,42)25(39)18(13)23(19)37/h10,13,16,21,36,38-39,42H,5-9,11-12H2,1-4H3,(H2,32,41)/t13-,16-,21-,29-/m0/s1. The van der Waals surface area contributed by atoms with Gasteiger partial charge in [0, 0.05) is 49.8 Å². The predicted molar refractivity (Wildman–Crippen MR) is 147 cm³/mol. The number of Topliss-reactive ketones (excluding diaryl/α,β-unsaturated/α-hetero) is 2. The molecule has 0 unspecified atom stereocenters. The largest absolute Gasteiger partial charge is 0.510 e. The van der Waals surface area contributed by atoms with Crippen molar-refractivity contribution in [3.63, 3.8) is 0 Å². The number of nitrogens with two attached hydrogens (primary N) is 1. The Morgan fingerprint density at radius 2 is 1.83 bits per heavy atom. The molecule has 1 aromatic carbocycles. The number of benzene rings is 1. The zero-order chi connectivity index (χ0) is 31.0. The van der Waals surface area contributed by atoms with Crippen LogP contribution in [0.1, 0.15) is 40.7 Å². The Labute approximate surface area is 241 Å². The second kappa shape index (κ2) is 10.0. The summed E-state index contributed by atoms with van der Waals surface area (Å²) in [5, 5.41) is 45.5. The van der Waals surface area contributed by atoms with Crippen molar-refractivity contribution in [3.05, 3.63) is 45.4 Å². The normalized spacial score (nSPS) is 29.4. The number of likely N-dealkylation sites (N-methyl/N-ethyl adjacent to an activating group) is 1. The fourth-order valence-corrected chi connectivity index (χ4v) is 7.30. The maximum Gasteiger partial charge on any atom is 0.260 e. The van der Waals surface area contributed by atoms with E-state index in [-0.39, 0.29) is 48.9 Å². The second-order valence-electron chi connectivity index (χ2n) is 12.3. The van der Waals surface area contributed by atoms with Crippen LogP contribution in [0.15, 0.2) is 28.7 Å². The summed E-state index contributed by atoms with van der Waals surface area (Å²) in [6.45, 7) is -0.148. The number of alkyl halides is 2. The molecule has 0 spiro atoms. The lowest BCUT2D eigenvalue weighted by Gasteiger charge is -2.50. The van der Waals surface area contributed by atoms with Crippen molar-refractivity contribution in [2.24, 2.45) is 17.6 Å². The molecule has 3 aliphatic carbocycles. The molecule has 4 atom stereocenters. The monoisotopic (exact) mass is 590 g/mol. The highest BCUT2D eigenvalue weighted by Crippen LogP contribution is 2.53. The number of carbonyl (C=O) groups is 3. The van der Waals surface area contributed by atoms with Crippen molar-refractivity contribution >= 4 is 23.2 Å². The van der Waals surface area contributed by atoms with Crippen molar-refractivity contribution in [3.8, 4) is 5.75 Å². The first-order valence-electron chi connectivity index (χ1n) is 13.8. The van der Waals surface area contributed by atoms with E-state index in [4.69, 9.17) is 5.73 Å². The molecule has 1 aromatic rings. The number of hydrogen-bond donors (Lipinski definition) is 5. The third-order valence-corrected chi connectivity index (χ3v) is 9.13. The van der Waals surface area contributed by atoms with E-state index in [1.165, 1.54) is 9.80 Å². The van der Waals surface area contributed by atoms with Crippen LogP contribution in [-0.2, 0) is 22.6 Å². The average molecular weight is 591 g/mol. The number of phenols is 1. The molecule has 42 heavy (non-hydrogen) atoms. The number of aliphatic hydroxyl groups is 3. The molecular formula is C29H36F2N4O7. The molecule has 0 saturated carbocycles. The van der Waals surface area contributed by atoms with E-state index >= 15 is 0 Å². The van der Waals surface area contributed by atoms with Crippen molar-refractivity contribution < 1.29 is 43.6 Å². The van der Waals surface area contributed by atoms with Gasteiger partial charge in [-0.25, -0.2) is 8.78 Å². The highest BCUT2D eigenvalue weighted by molar-refractivity contribution is 6.25. The first kappa shape index (κ1) is 29.9. The van der Waals surface area contributed by atoms with E-state index in [0.717, 1.165) is 0 Å². The average Bonchev–Trinajstić information content (AvgIpc) is 2.86. The van der Waals surface area contributed by atoms with Gasteiger partial charge in [0.25, 0.3) is 11.8 Å². The number of allylic oxidation sites excluding steroid dienone is 1. The number of ketones is 2. The Balaban J connectivity index is 1.66. The smallest absolute Gasteiger partial charge is 0.260 e. The lowest BCUT2D eigenvalue weighted by molar-refractivity contribution is -0.148. The van der Waals surface area contributed by atoms with Crippen LogP contribution in [0.5, 0.6) is 5.75 Å². The van der Waals surface area contributed by atoms with Gasteiger partial charge < -0.3 is 31.1 Å². The molecule has 5 rings (SSSR count). The second-order valence-corrected chi connectivity index (χ2v) is 12.3. The lowest BCUT2D eigenvalue weighted by Crippen LogP contribution is -2.63. The number of aliphatic hydroxyl groups excluding tert-OH is 2. The summed E-state index contributed by atoms with van der Waals surface area (Å²) in [6, 6.07) is 0.588. The predicted octanol–water partition coefficient (Wildman–Crippen LogP) is 1.42. The minimum absolute atomic E-state index is 0.0238. The number of anilines is 1. The SMILES string of the molecule is CN(C)c1cc(CN2CCCC(F)(F)C2)c(O)c2c1C[C@H]1C[C@H]3[C@H](N(C)C)C(O)=C(C(N)=O)C(=O)[C@@]3(O)C(O)=C1C2=O. The number of likely N-dealkylation sites (tertiary alicyclic amines) is 1. The van der Waals surface area contributed by atoms with Crippen LogP contribution >= 0.6 is 0 Å². The molecular weight excluding hydrogens is 554 g/mol. The highest BCUT2D eigenvalue weighted by atomic mass is 19.3. The van der Waals surface area contributed by atoms with E-state index in [1.54, 1.807) is 39.2 Å². The van der Waals surface area contributed by atoms with E-state index < -0.39 is 76.3 Å². The number of hydrogen-bond acceptors (Lipinski definition) is 10. The van der Waals surface area contributed by atoms with Crippen LogP contribution in [0.2, 0.25) is 0 Å². The number of primary amides is 1. The number of phenolic OH excluding ortho intramolecular Hbond substituents is 1. The first-order valence-corrected chi connectivity index (χ1v) is 13.8. The van der Waals surface area contributed by atoms with Gasteiger partial charge in [0.1, 0.15) is 22.8 Å². The molecule has 0 radical (unpaired) electrons. The molecule has 11 nitrogen and oxygen atoms in total. The summed E-state index contributed by atoms with van der Waals surface area (Å²) in [4.78, 5) is 44.5. The Hall–Kier alpha value is -3.55. The van der Waals surface area contributed by atoms with Gasteiger partial charge in [-0.05, 0) is 57.5 Å². The van der Waals surface area contributed by atoms with Crippen LogP contribution in [0.4, 0.5) is 14.5 Å². The van der Waals surface area contributed by atoms with E-state index in [2.05, 4.69) is 0 Å². The van der Waals surface area contributed by atoms with Crippen molar-refractivity contribution in [1.82, 2.24) is 9.80 Å². The van der Waals surface area contributed by atoms with Gasteiger partial charge in [-0.3, -0.25) is 24.2 Å². The number of halogens is 2. The summed E-state index contributed by atoms with van der Waals surface area (Å²) in [7, 11) is 6.62. The maximum atomic E-state index is 14.1. The van der Waals surface area contributed by atoms with Gasteiger partial charge in [-0.1, -0.05) is 0 Å². The summed E-state index contributed by atoms with van der Waals surface area (Å²) in [6.07, 6.45) is 0.166. The Kier molecular flexibility index (Phi) is 7.14. The van der Waals surface area contributed by atoms with Crippen molar-refractivity contribution in [2.75, 3.05) is 46.2 Å². The molecule has 1 fully saturated rings. The first-order chi connectivity index (χ1) is 19.5. The minimum atomic E-state index is -2.87. The number of amides is 1. The molecule has 1 heterocycles. The molecule has 228 valence electrons. The molecule has 1 aliphatic heterocycles. The molecule has 1 amide bonds. The summed E-state index contributed by atoms with van der Waals surface area (Å²) < 4.78 is 28.2. The number of carbonyl (C=O) groups excluding carboxylic acids is 3. The van der Waals surface area contributed by atoms with Crippen molar-refractivity contribution in [1.29, 1.82) is 0 Å². The maximum absolute atomic E-state index is 14.1. The Morgan fingerprint density at radius 3 is 2.40 bits per heavy atom. The van der Waals surface area contributed by atoms with Gasteiger partial charge in [0.2, 0.25) is 5.78 Å². The fourth-order valence-electron chi connectivity index (χ4n) is 7.30.